The summed E-state index contributed by atoms with van der Waals surface area (Å²) < 4.78 is 5.89. The molecule has 3 aromatic rings. The number of aromatic amines is 1. The van der Waals surface area contributed by atoms with Gasteiger partial charge < -0.3 is 9.64 Å². The number of likely N-dealkylation sites (tertiary alicyclic amines) is 1. The minimum absolute atomic E-state index is 0.258. The minimum Gasteiger partial charge on any atom is -0.489 e. The molecule has 7 heteroatoms. The lowest BCUT2D eigenvalue weighted by atomic mass is 9.89. The number of fused-ring (bicyclic) bond motifs is 1. The van der Waals surface area contributed by atoms with Gasteiger partial charge in [-0.15, -0.1) is 0 Å². The molecule has 1 amide bonds. The number of hydrogen-bond acceptors (Lipinski definition) is 3. The van der Waals surface area contributed by atoms with Crippen molar-refractivity contribution in [1.82, 2.24) is 15.1 Å². The van der Waals surface area contributed by atoms with Gasteiger partial charge in [0.25, 0.3) is 0 Å². The summed E-state index contributed by atoms with van der Waals surface area (Å²) >= 11 is 13.2. The van der Waals surface area contributed by atoms with Crippen molar-refractivity contribution in [3.63, 3.8) is 0 Å². The van der Waals surface area contributed by atoms with Gasteiger partial charge in [-0.2, -0.15) is 5.10 Å². The first kappa shape index (κ1) is 21.4. The standard InChI is InChI=1S/C25H25Cl2N3O2/c26-21-12-18(32-15-16-5-2-1-3-6-16)13-22(27)19(21)14-24-20-11-17(8-9-23(20)28-29-24)30-10-4-7-25(30)31/h1-3,5-6,12-13,17H,4,7-11,14-15H2,(H,28,29)/t17-/m0/s1. The van der Waals surface area contributed by atoms with E-state index >= 15 is 0 Å². The van der Waals surface area contributed by atoms with Gasteiger partial charge in [-0.25, -0.2) is 0 Å². The molecule has 0 spiro atoms. The maximum absolute atomic E-state index is 12.2. The molecule has 1 atom stereocenters. The van der Waals surface area contributed by atoms with Crippen molar-refractivity contribution in [2.75, 3.05) is 6.54 Å². The second-order valence-corrected chi connectivity index (χ2v) is 9.35. The summed E-state index contributed by atoms with van der Waals surface area (Å²) in [5, 5.41) is 8.91. The number of nitrogens with zero attached hydrogens (tertiary/aromatic N) is 2. The van der Waals surface area contributed by atoms with E-state index in [0.717, 1.165) is 54.7 Å². The van der Waals surface area contributed by atoms with Gasteiger partial charge in [-0.05, 0) is 54.5 Å². The van der Waals surface area contributed by atoms with Crippen LogP contribution in [0, 0.1) is 0 Å². The van der Waals surface area contributed by atoms with Crippen LogP contribution in [-0.4, -0.2) is 33.6 Å². The Morgan fingerprint density at radius 3 is 2.62 bits per heavy atom. The van der Waals surface area contributed by atoms with Crippen LogP contribution in [0.15, 0.2) is 42.5 Å². The van der Waals surface area contributed by atoms with E-state index in [1.807, 2.05) is 42.5 Å². The average Bonchev–Trinajstić information content (AvgIpc) is 3.41. The number of amides is 1. The quantitative estimate of drug-likeness (QED) is 0.527. The molecular weight excluding hydrogens is 445 g/mol. The van der Waals surface area contributed by atoms with Crippen molar-refractivity contribution in [2.24, 2.45) is 0 Å². The highest BCUT2D eigenvalue weighted by molar-refractivity contribution is 6.36. The van der Waals surface area contributed by atoms with E-state index in [2.05, 4.69) is 15.1 Å². The third-order valence-corrected chi connectivity index (χ3v) is 7.14. The largest absolute Gasteiger partial charge is 0.489 e. The van der Waals surface area contributed by atoms with Crippen LogP contribution in [0.1, 0.15) is 47.3 Å². The Bertz CT molecular complexity index is 1110. The third kappa shape index (κ3) is 4.37. The molecule has 0 radical (unpaired) electrons. The van der Waals surface area contributed by atoms with Crippen molar-refractivity contribution >= 4 is 29.1 Å². The monoisotopic (exact) mass is 469 g/mol. The summed E-state index contributed by atoms with van der Waals surface area (Å²) in [6.07, 6.45) is 4.90. The van der Waals surface area contributed by atoms with E-state index in [1.54, 1.807) is 0 Å². The SMILES string of the molecule is O=C1CCCN1[C@H]1CCc2[nH]nc(Cc3c(Cl)cc(OCc4ccccc4)cc3Cl)c2C1. The maximum atomic E-state index is 12.2. The number of aromatic nitrogens is 2. The van der Waals surface area contributed by atoms with Gasteiger partial charge >= 0.3 is 0 Å². The zero-order valence-corrected chi connectivity index (χ0v) is 19.3. The average molecular weight is 470 g/mol. The van der Waals surface area contributed by atoms with Gasteiger partial charge in [0, 0.05) is 41.2 Å². The Morgan fingerprint density at radius 2 is 1.91 bits per heavy atom. The van der Waals surface area contributed by atoms with Crippen LogP contribution >= 0.6 is 23.2 Å². The lowest BCUT2D eigenvalue weighted by Crippen LogP contribution is -2.40. The Morgan fingerprint density at radius 1 is 1.12 bits per heavy atom. The molecule has 5 nitrogen and oxygen atoms in total. The van der Waals surface area contributed by atoms with E-state index < -0.39 is 0 Å². The Kier molecular flexibility index (Phi) is 6.11. The van der Waals surface area contributed by atoms with Gasteiger partial charge in [0.05, 0.1) is 5.69 Å². The molecule has 1 saturated heterocycles. The van der Waals surface area contributed by atoms with Crippen LogP contribution in [0.4, 0.5) is 0 Å². The number of carbonyl (C=O) groups is 1. The molecule has 0 saturated carbocycles. The van der Waals surface area contributed by atoms with E-state index in [1.165, 1.54) is 5.56 Å². The predicted octanol–water partition coefficient (Wildman–Crippen LogP) is 5.37. The Balaban J connectivity index is 1.32. The molecule has 1 N–H and O–H groups in total. The van der Waals surface area contributed by atoms with Crippen molar-refractivity contribution in [3.05, 3.63) is 80.6 Å². The van der Waals surface area contributed by atoms with Crippen LogP contribution in [0.2, 0.25) is 10.0 Å². The fourth-order valence-electron chi connectivity index (χ4n) is 4.75. The molecule has 1 aliphatic heterocycles. The topological polar surface area (TPSA) is 58.2 Å². The molecule has 0 bridgehead atoms. The summed E-state index contributed by atoms with van der Waals surface area (Å²) in [5.74, 6) is 0.921. The Labute approximate surface area is 197 Å². The number of H-pyrrole nitrogens is 1. The normalized spacial score (nSPS) is 18.1. The second-order valence-electron chi connectivity index (χ2n) is 8.53. The van der Waals surface area contributed by atoms with Crippen LogP contribution in [0.25, 0.3) is 0 Å². The van der Waals surface area contributed by atoms with Gasteiger partial charge in [0.2, 0.25) is 5.91 Å². The van der Waals surface area contributed by atoms with Crippen LogP contribution in [0.5, 0.6) is 5.75 Å². The molecule has 166 valence electrons. The molecule has 1 fully saturated rings. The summed E-state index contributed by atoms with van der Waals surface area (Å²) in [6.45, 7) is 1.32. The van der Waals surface area contributed by atoms with E-state index in [9.17, 15) is 4.79 Å². The lowest BCUT2D eigenvalue weighted by Gasteiger charge is -2.31. The summed E-state index contributed by atoms with van der Waals surface area (Å²) in [4.78, 5) is 14.3. The first-order valence-electron chi connectivity index (χ1n) is 11.1. The summed E-state index contributed by atoms with van der Waals surface area (Å²) in [5.41, 5.74) is 5.25. The second kappa shape index (κ2) is 9.16. The molecule has 2 heterocycles. The molecule has 0 unspecified atom stereocenters. The number of benzene rings is 2. The molecule has 2 aromatic carbocycles. The van der Waals surface area contributed by atoms with Crippen molar-refractivity contribution in [3.8, 4) is 5.75 Å². The summed E-state index contributed by atoms with van der Waals surface area (Å²) in [6, 6.07) is 13.9. The number of nitrogens with one attached hydrogen (secondary N) is 1. The van der Waals surface area contributed by atoms with E-state index in [0.29, 0.717) is 35.2 Å². The van der Waals surface area contributed by atoms with Crippen LogP contribution < -0.4 is 4.74 Å². The number of rotatable bonds is 6. The first-order chi connectivity index (χ1) is 15.6. The number of halogens is 2. The first-order valence-corrected chi connectivity index (χ1v) is 11.8. The summed E-state index contributed by atoms with van der Waals surface area (Å²) in [7, 11) is 0. The Hall–Kier alpha value is -2.50. The molecule has 32 heavy (non-hydrogen) atoms. The zero-order chi connectivity index (χ0) is 22.1. The van der Waals surface area contributed by atoms with E-state index in [-0.39, 0.29) is 11.9 Å². The van der Waals surface area contributed by atoms with Crippen LogP contribution in [0.3, 0.4) is 0 Å². The fraction of sp³-hybridized carbons (Fsp3) is 0.360. The highest BCUT2D eigenvalue weighted by Crippen LogP contribution is 2.35. The van der Waals surface area contributed by atoms with Crippen molar-refractivity contribution in [2.45, 2.75) is 51.2 Å². The van der Waals surface area contributed by atoms with Gasteiger partial charge in [0.15, 0.2) is 0 Å². The highest BCUT2D eigenvalue weighted by Gasteiger charge is 2.32. The van der Waals surface area contributed by atoms with Gasteiger partial charge in [-0.3, -0.25) is 9.89 Å². The smallest absolute Gasteiger partial charge is 0.222 e. The van der Waals surface area contributed by atoms with Gasteiger partial charge in [0.1, 0.15) is 12.4 Å². The highest BCUT2D eigenvalue weighted by atomic mass is 35.5. The van der Waals surface area contributed by atoms with Crippen molar-refractivity contribution < 1.29 is 9.53 Å². The lowest BCUT2D eigenvalue weighted by molar-refractivity contribution is -0.129. The minimum atomic E-state index is 0.258. The van der Waals surface area contributed by atoms with E-state index in [4.69, 9.17) is 27.9 Å². The maximum Gasteiger partial charge on any atom is 0.222 e. The molecular formula is C25H25Cl2N3O2. The number of carbonyl (C=O) groups excluding carboxylic acids is 1. The zero-order valence-electron chi connectivity index (χ0n) is 17.7. The van der Waals surface area contributed by atoms with Crippen molar-refractivity contribution in [1.29, 1.82) is 0 Å². The number of aryl methyl sites for hydroxylation is 1. The number of hydrogen-bond donors (Lipinski definition) is 1. The molecule has 2 aliphatic rings. The third-order valence-electron chi connectivity index (χ3n) is 6.46. The molecule has 5 rings (SSSR count). The van der Waals surface area contributed by atoms with Gasteiger partial charge in [-0.1, -0.05) is 53.5 Å². The fourth-order valence-corrected chi connectivity index (χ4v) is 5.35. The predicted molar refractivity (Wildman–Crippen MR) is 125 cm³/mol. The number of ether oxygens (including phenoxy) is 1. The molecule has 1 aliphatic carbocycles. The van der Waals surface area contributed by atoms with Crippen LogP contribution in [-0.2, 0) is 30.7 Å². The molecule has 1 aromatic heterocycles.